The third kappa shape index (κ3) is 2.83. The number of nitrogens with two attached hydrogens (primary N) is 1. The zero-order valence-electron chi connectivity index (χ0n) is 11.2. The third-order valence-corrected chi connectivity index (χ3v) is 4.46. The van der Waals surface area contributed by atoms with Crippen molar-refractivity contribution in [3.63, 3.8) is 0 Å². The summed E-state index contributed by atoms with van der Waals surface area (Å²) < 4.78 is 0. The Morgan fingerprint density at radius 3 is 2.79 bits per heavy atom. The van der Waals surface area contributed by atoms with Gasteiger partial charge in [-0.2, -0.15) is 0 Å². The van der Waals surface area contributed by atoms with E-state index in [2.05, 4.69) is 17.2 Å². The number of carbonyl (C=O) groups is 1. The summed E-state index contributed by atoms with van der Waals surface area (Å²) in [5, 5.41) is 4.09. The van der Waals surface area contributed by atoms with Gasteiger partial charge in [-0.15, -0.1) is 0 Å². The number of anilines is 2. The van der Waals surface area contributed by atoms with Gasteiger partial charge in [-0.3, -0.25) is 4.79 Å². The molecule has 0 radical (unpaired) electrons. The van der Waals surface area contributed by atoms with Crippen LogP contribution in [-0.4, -0.2) is 34.4 Å². The topological polar surface area (TPSA) is 71.2 Å². The van der Waals surface area contributed by atoms with Crippen molar-refractivity contribution >= 4 is 28.2 Å². The standard InChI is InChI=1S/C13H20N4OS/c1-2-7-17(9-5-6-9)12(18)10-11(14)16-13(19-10)15-8-3-4-8/h8-9H,2-7,14H2,1H3,(H,15,16). The van der Waals surface area contributed by atoms with Crippen LogP contribution >= 0.6 is 11.3 Å². The van der Waals surface area contributed by atoms with E-state index < -0.39 is 0 Å². The number of amides is 1. The van der Waals surface area contributed by atoms with Crippen molar-refractivity contribution in [1.82, 2.24) is 9.88 Å². The Morgan fingerprint density at radius 1 is 1.47 bits per heavy atom. The first kappa shape index (κ1) is 12.7. The summed E-state index contributed by atoms with van der Waals surface area (Å²) in [7, 11) is 0. The molecule has 2 saturated carbocycles. The quantitative estimate of drug-likeness (QED) is 0.839. The first-order valence-electron chi connectivity index (χ1n) is 7.03. The number of nitrogens with one attached hydrogen (secondary N) is 1. The number of hydrogen-bond acceptors (Lipinski definition) is 5. The molecule has 1 heterocycles. The van der Waals surface area contributed by atoms with Crippen LogP contribution in [-0.2, 0) is 0 Å². The van der Waals surface area contributed by atoms with Crippen LogP contribution in [0.25, 0.3) is 0 Å². The molecule has 1 aromatic heterocycles. The Morgan fingerprint density at radius 2 is 2.21 bits per heavy atom. The van der Waals surface area contributed by atoms with Crippen LogP contribution < -0.4 is 11.1 Å². The van der Waals surface area contributed by atoms with Crippen molar-refractivity contribution in [3.05, 3.63) is 4.88 Å². The molecule has 2 fully saturated rings. The Bertz CT molecular complexity index is 479. The third-order valence-electron chi connectivity index (χ3n) is 3.47. The van der Waals surface area contributed by atoms with Crippen LogP contribution in [0.15, 0.2) is 0 Å². The van der Waals surface area contributed by atoms with E-state index in [-0.39, 0.29) is 5.91 Å². The number of hydrogen-bond donors (Lipinski definition) is 2. The van der Waals surface area contributed by atoms with Gasteiger partial charge < -0.3 is 16.0 Å². The van der Waals surface area contributed by atoms with Crippen LogP contribution in [0.1, 0.15) is 48.7 Å². The second-order valence-electron chi connectivity index (χ2n) is 5.38. The molecule has 2 aliphatic carbocycles. The molecule has 0 unspecified atom stereocenters. The van der Waals surface area contributed by atoms with E-state index >= 15 is 0 Å². The smallest absolute Gasteiger partial charge is 0.268 e. The highest BCUT2D eigenvalue weighted by atomic mass is 32.1. The van der Waals surface area contributed by atoms with Crippen molar-refractivity contribution in [2.45, 2.75) is 51.1 Å². The van der Waals surface area contributed by atoms with Crippen LogP contribution in [0.4, 0.5) is 10.9 Å². The molecule has 0 aromatic carbocycles. The summed E-state index contributed by atoms with van der Waals surface area (Å²) in [5.74, 6) is 0.433. The monoisotopic (exact) mass is 280 g/mol. The SMILES string of the molecule is CCCN(C(=O)c1sc(NC2CC2)nc1N)C1CC1. The lowest BCUT2D eigenvalue weighted by atomic mass is 10.3. The predicted octanol–water partition coefficient (Wildman–Crippen LogP) is 2.31. The van der Waals surface area contributed by atoms with Crippen LogP contribution in [0.3, 0.4) is 0 Å². The zero-order valence-corrected chi connectivity index (χ0v) is 12.0. The second-order valence-corrected chi connectivity index (χ2v) is 6.38. The Kier molecular flexibility index (Phi) is 3.35. The summed E-state index contributed by atoms with van der Waals surface area (Å²) in [6.07, 6.45) is 5.60. The molecule has 0 bridgehead atoms. The molecule has 0 atom stereocenters. The van der Waals surface area contributed by atoms with E-state index in [1.807, 2.05) is 4.90 Å². The molecule has 1 amide bonds. The van der Waals surface area contributed by atoms with Crippen molar-refractivity contribution in [3.8, 4) is 0 Å². The number of thiazole rings is 1. The highest BCUT2D eigenvalue weighted by Gasteiger charge is 2.34. The normalized spacial score (nSPS) is 18.4. The molecule has 1 aromatic rings. The Labute approximate surface area is 117 Å². The molecule has 0 saturated heterocycles. The molecular weight excluding hydrogens is 260 g/mol. The van der Waals surface area contributed by atoms with Gasteiger partial charge in [0.05, 0.1) is 0 Å². The maximum Gasteiger partial charge on any atom is 0.268 e. The van der Waals surface area contributed by atoms with Crippen LogP contribution in [0.2, 0.25) is 0 Å². The lowest BCUT2D eigenvalue weighted by molar-refractivity contribution is 0.0749. The predicted molar refractivity (Wildman–Crippen MR) is 77.5 cm³/mol. The van der Waals surface area contributed by atoms with E-state index in [4.69, 9.17) is 5.73 Å². The second kappa shape index (κ2) is 5.00. The maximum absolute atomic E-state index is 12.5. The molecule has 0 aliphatic heterocycles. The number of aromatic nitrogens is 1. The summed E-state index contributed by atoms with van der Waals surface area (Å²) in [4.78, 5) is 19.4. The fraction of sp³-hybridized carbons (Fsp3) is 0.692. The Balaban J connectivity index is 1.75. The summed E-state index contributed by atoms with van der Waals surface area (Å²) in [6.45, 7) is 2.91. The largest absolute Gasteiger partial charge is 0.382 e. The number of rotatable bonds is 6. The van der Waals surface area contributed by atoms with Gasteiger partial charge >= 0.3 is 0 Å². The van der Waals surface area contributed by atoms with E-state index in [1.165, 1.54) is 24.2 Å². The van der Waals surface area contributed by atoms with Gasteiger partial charge in [0.25, 0.3) is 5.91 Å². The molecule has 104 valence electrons. The molecule has 19 heavy (non-hydrogen) atoms. The zero-order chi connectivity index (χ0) is 13.4. The highest BCUT2D eigenvalue weighted by Crippen LogP contribution is 2.34. The molecule has 3 N–H and O–H groups in total. The molecule has 0 spiro atoms. The maximum atomic E-state index is 12.5. The molecule has 6 heteroatoms. The van der Waals surface area contributed by atoms with Gasteiger partial charge in [-0.25, -0.2) is 4.98 Å². The summed E-state index contributed by atoms with van der Waals surface area (Å²) in [5.41, 5.74) is 5.90. The number of nitrogens with zero attached hydrogens (tertiary/aromatic N) is 2. The minimum atomic E-state index is 0.0585. The van der Waals surface area contributed by atoms with Crippen LogP contribution in [0, 0.1) is 0 Å². The van der Waals surface area contributed by atoms with Gasteiger partial charge in [-0.05, 0) is 32.1 Å². The molecule has 2 aliphatic rings. The van der Waals surface area contributed by atoms with Crippen molar-refractivity contribution in [2.75, 3.05) is 17.6 Å². The fourth-order valence-electron chi connectivity index (χ4n) is 2.16. The van der Waals surface area contributed by atoms with E-state index in [0.717, 1.165) is 30.9 Å². The fourth-order valence-corrected chi connectivity index (χ4v) is 3.07. The van der Waals surface area contributed by atoms with Crippen molar-refractivity contribution < 1.29 is 4.79 Å². The minimum absolute atomic E-state index is 0.0585. The highest BCUT2D eigenvalue weighted by molar-refractivity contribution is 7.18. The number of carbonyl (C=O) groups excluding carboxylic acids is 1. The average Bonchev–Trinajstić information content (AvgIpc) is 3.26. The van der Waals surface area contributed by atoms with Gasteiger partial charge in [-0.1, -0.05) is 18.3 Å². The lowest BCUT2D eigenvalue weighted by Crippen LogP contribution is -2.33. The first-order chi connectivity index (χ1) is 9.19. The molecule has 3 rings (SSSR count). The van der Waals surface area contributed by atoms with Crippen LogP contribution in [0.5, 0.6) is 0 Å². The van der Waals surface area contributed by atoms with E-state index in [1.54, 1.807) is 0 Å². The van der Waals surface area contributed by atoms with Crippen molar-refractivity contribution in [1.29, 1.82) is 0 Å². The minimum Gasteiger partial charge on any atom is -0.382 e. The molecular formula is C13H20N4OS. The lowest BCUT2D eigenvalue weighted by Gasteiger charge is -2.20. The summed E-state index contributed by atoms with van der Waals surface area (Å²) >= 11 is 1.40. The van der Waals surface area contributed by atoms with Crippen molar-refractivity contribution in [2.24, 2.45) is 0 Å². The molecule has 5 nitrogen and oxygen atoms in total. The van der Waals surface area contributed by atoms with Gasteiger partial charge in [0.1, 0.15) is 10.7 Å². The summed E-state index contributed by atoms with van der Waals surface area (Å²) in [6, 6.07) is 0.956. The number of nitrogen functional groups attached to an aromatic ring is 1. The van der Waals surface area contributed by atoms with Gasteiger partial charge in [0, 0.05) is 18.6 Å². The average molecular weight is 280 g/mol. The van der Waals surface area contributed by atoms with E-state index in [9.17, 15) is 4.79 Å². The first-order valence-corrected chi connectivity index (χ1v) is 7.84. The van der Waals surface area contributed by atoms with Gasteiger partial charge in [0.2, 0.25) is 0 Å². The van der Waals surface area contributed by atoms with E-state index in [0.29, 0.717) is 22.8 Å². The Hall–Kier alpha value is -1.30. The van der Waals surface area contributed by atoms with Gasteiger partial charge in [0.15, 0.2) is 5.13 Å².